The molecule has 17 heavy (non-hydrogen) atoms. The van der Waals surface area contributed by atoms with Gasteiger partial charge in [-0.2, -0.15) is 0 Å². The SMILES string of the molecule is CNCc1sc(CS(C)(=O)=O)nc1C(C)(C)C. The molecule has 0 aliphatic heterocycles. The van der Waals surface area contributed by atoms with Gasteiger partial charge in [-0.1, -0.05) is 20.8 Å². The van der Waals surface area contributed by atoms with Gasteiger partial charge in [-0.05, 0) is 7.05 Å². The number of sulfone groups is 1. The zero-order chi connectivity index (χ0) is 13.3. The van der Waals surface area contributed by atoms with Crippen LogP contribution in [0.2, 0.25) is 0 Å². The average molecular weight is 276 g/mol. The normalized spacial score (nSPS) is 13.0. The van der Waals surface area contributed by atoms with Crippen molar-refractivity contribution >= 4 is 21.2 Å². The first-order valence-electron chi connectivity index (χ1n) is 5.45. The predicted molar refractivity (Wildman–Crippen MR) is 72.1 cm³/mol. The molecule has 0 atom stereocenters. The van der Waals surface area contributed by atoms with Gasteiger partial charge in [0.15, 0.2) is 9.84 Å². The molecule has 1 N–H and O–H groups in total. The summed E-state index contributed by atoms with van der Waals surface area (Å²) >= 11 is 1.49. The van der Waals surface area contributed by atoms with E-state index in [4.69, 9.17) is 0 Å². The molecule has 0 amide bonds. The molecule has 0 saturated carbocycles. The summed E-state index contributed by atoms with van der Waals surface area (Å²) in [5.41, 5.74) is 0.939. The minimum absolute atomic E-state index is 0.0322. The van der Waals surface area contributed by atoms with Gasteiger partial charge < -0.3 is 5.32 Å². The molecular formula is C11H20N2O2S2. The Labute approximate surface area is 107 Å². The lowest BCUT2D eigenvalue weighted by Crippen LogP contribution is -2.16. The van der Waals surface area contributed by atoms with Crippen LogP contribution >= 0.6 is 11.3 Å². The molecular weight excluding hydrogens is 256 g/mol. The van der Waals surface area contributed by atoms with E-state index >= 15 is 0 Å². The number of rotatable bonds is 4. The fraction of sp³-hybridized carbons (Fsp3) is 0.727. The minimum atomic E-state index is -3.01. The van der Waals surface area contributed by atoms with Gasteiger partial charge in [0.1, 0.15) is 10.8 Å². The van der Waals surface area contributed by atoms with Crippen molar-refractivity contribution in [2.24, 2.45) is 0 Å². The molecule has 0 unspecified atom stereocenters. The molecule has 0 saturated heterocycles. The zero-order valence-corrected chi connectivity index (χ0v) is 12.6. The second kappa shape index (κ2) is 5.04. The predicted octanol–water partition coefficient (Wildman–Crippen LogP) is 1.70. The molecule has 0 aliphatic carbocycles. The highest BCUT2D eigenvalue weighted by atomic mass is 32.2. The summed E-state index contributed by atoms with van der Waals surface area (Å²) in [6.45, 7) is 7.00. The van der Waals surface area contributed by atoms with E-state index in [1.807, 2.05) is 7.05 Å². The Morgan fingerprint density at radius 1 is 1.35 bits per heavy atom. The van der Waals surface area contributed by atoms with Crippen LogP contribution in [-0.4, -0.2) is 26.7 Å². The van der Waals surface area contributed by atoms with Gasteiger partial charge in [0.2, 0.25) is 0 Å². The maximum Gasteiger partial charge on any atom is 0.153 e. The Morgan fingerprint density at radius 2 is 1.94 bits per heavy atom. The fourth-order valence-electron chi connectivity index (χ4n) is 1.55. The van der Waals surface area contributed by atoms with Crippen molar-refractivity contribution in [3.63, 3.8) is 0 Å². The van der Waals surface area contributed by atoms with Crippen LogP contribution in [0.5, 0.6) is 0 Å². The first-order valence-corrected chi connectivity index (χ1v) is 8.32. The summed E-state index contributed by atoms with van der Waals surface area (Å²) in [6, 6.07) is 0. The molecule has 1 heterocycles. The molecule has 1 rings (SSSR count). The Kier molecular flexibility index (Phi) is 4.33. The molecule has 0 aromatic carbocycles. The highest BCUT2D eigenvalue weighted by molar-refractivity contribution is 7.90. The topological polar surface area (TPSA) is 59.1 Å². The smallest absolute Gasteiger partial charge is 0.153 e. The molecule has 4 nitrogen and oxygen atoms in total. The summed E-state index contributed by atoms with van der Waals surface area (Å²) in [5.74, 6) is 0.0322. The quantitative estimate of drug-likeness (QED) is 0.909. The van der Waals surface area contributed by atoms with E-state index in [1.54, 1.807) is 0 Å². The van der Waals surface area contributed by atoms with Crippen LogP contribution in [-0.2, 0) is 27.5 Å². The largest absolute Gasteiger partial charge is 0.315 e. The zero-order valence-electron chi connectivity index (χ0n) is 11.0. The summed E-state index contributed by atoms with van der Waals surface area (Å²) < 4.78 is 22.6. The minimum Gasteiger partial charge on any atom is -0.315 e. The van der Waals surface area contributed by atoms with Crippen molar-refractivity contribution in [2.75, 3.05) is 13.3 Å². The highest BCUT2D eigenvalue weighted by Crippen LogP contribution is 2.30. The van der Waals surface area contributed by atoms with E-state index in [-0.39, 0.29) is 11.2 Å². The first kappa shape index (κ1) is 14.6. The van der Waals surface area contributed by atoms with Gasteiger partial charge in [0, 0.05) is 23.1 Å². The van der Waals surface area contributed by atoms with E-state index in [0.29, 0.717) is 5.01 Å². The lowest BCUT2D eigenvalue weighted by Gasteiger charge is -2.17. The molecule has 1 aromatic rings. The molecule has 0 aliphatic rings. The lowest BCUT2D eigenvalue weighted by atomic mass is 9.91. The summed E-state index contributed by atoms with van der Waals surface area (Å²) in [6.07, 6.45) is 1.24. The number of hydrogen-bond acceptors (Lipinski definition) is 5. The number of aromatic nitrogens is 1. The van der Waals surface area contributed by atoms with Crippen molar-refractivity contribution in [1.29, 1.82) is 0 Å². The summed E-state index contributed by atoms with van der Waals surface area (Å²) in [5, 5.41) is 3.78. The van der Waals surface area contributed by atoms with Crippen molar-refractivity contribution in [3.8, 4) is 0 Å². The Morgan fingerprint density at radius 3 is 2.35 bits per heavy atom. The second-order valence-electron chi connectivity index (χ2n) is 5.23. The molecule has 0 radical (unpaired) electrons. The van der Waals surface area contributed by atoms with Crippen molar-refractivity contribution in [3.05, 3.63) is 15.6 Å². The number of hydrogen-bond donors (Lipinski definition) is 1. The maximum atomic E-state index is 11.3. The average Bonchev–Trinajstić information content (AvgIpc) is 2.44. The van der Waals surface area contributed by atoms with E-state index in [0.717, 1.165) is 17.1 Å². The maximum absolute atomic E-state index is 11.3. The van der Waals surface area contributed by atoms with E-state index in [9.17, 15) is 8.42 Å². The second-order valence-corrected chi connectivity index (χ2v) is 8.54. The molecule has 6 heteroatoms. The van der Waals surface area contributed by atoms with Gasteiger partial charge in [-0.3, -0.25) is 0 Å². The fourth-order valence-corrected chi connectivity index (χ4v) is 4.03. The number of nitrogens with one attached hydrogen (secondary N) is 1. The van der Waals surface area contributed by atoms with Gasteiger partial charge >= 0.3 is 0 Å². The number of nitrogens with zero attached hydrogens (tertiary/aromatic N) is 1. The van der Waals surface area contributed by atoms with Crippen LogP contribution in [0.1, 0.15) is 36.3 Å². The first-order chi connectivity index (χ1) is 7.63. The van der Waals surface area contributed by atoms with E-state index in [1.165, 1.54) is 17.6 Å². The standard InChI is InChI=1S/C11H20N2O2S2/c1-11(2,3)10-8(6-12-4)16-9(13-10)7-17(5,14)15/h12H,6-7H2,1-5H3. The number of thiazole rings is 1. The van der Waals surface area contributed by atoms with E-state index in [2.05, 4.69) is 31.1 Å². The van der Waals surface area contributed by atoms with Crippen molar-refractivity contribution in [2.45, 2.75) is 38.5 Å². The lowest BCUT2D eigenvalue weighted by molar-refractivity contribution is 0.561. The van der Waals surface area contributed by atoms with Crippen molar-refractivity contribution in [1.82, 2.24) is 10.3 Å². The molecule has 0 bridgehead atoms. The summed E-state index contributed by atoms with van der Waals surface area (Å²) in [7, 11) is -1.14. The van der Waals surface area contributed by atoms with Gasteiger partial charge in [0.25, 0.3) is 0 Å². The molecule has 98 valence electrons. The Hall–Kier alpha value is -0.460. The third kappa shape index (κ3) is 4.37. The van der Waals surface area contributed by atoms with Crippen LogP contribution in [0.3, 0.4) is 0 Å². The van der Waals surface area contributed by atoms with Gasteiger partial charge in [0.05, 0.1) is 5.69 Å². The van der Waals surface area contributed by atoms with Gasteiger partial charge in [-0.15, -0.1) is 11.3 Å². The van der Waals surface area contributed by atoms with Crippen LogP contribution < -0.4 is 5.32 Å². The third-order valence-electron chi connectivity index (χ3n) is 2.18. The van der Waals surface area contributed by atoms with Gasteiger partial charge in [-0.25, -0.2) is 13.4 Å². The summed E-state index contributed by atoms with van der Waals surface area (Å²) in [4.78, 5) is 5.61. The molecule has 0 spiro atoms. The van der Waals surface area contributed by atoms with E-state index < -0.39 is 9.84 Å². The van der Waals surface area contributed by atoms with Crippen LogP contribution in [0.4, 0.5) is 0 Å². The molecule has 1 aromatic heterocycles. The van der Waals surface area contributed by atoms with Crippen LogP contribution in [0.15, 0.2) is 0 Å². The Balaban J connectivity index is 3.13. The third-order valence-corrected chi connectivity index (χ3v) is 4.21. The monoisotopic (exact) mass is 276 g/mol. The van der Waals surface area contributed by atoms with Crippen LogP contribution in [0, 0.1) is 0 Å². The Bertz CT molecular complexity index is 484. The molecule has 0 fully saturated rings. The van der Waals surface area contributed by atoms with Crippen LogP contribution in [0.25, 0.3) is 0 Å². The highest BCUT2D eigenvalue weighted by Gasteiger charge is 2.23. The van der Waals surface area contributed by atoms with Crippen molar-refractivity contribution < 1.29 is 8.42 Å².